The van der Waals surface area contributed by atoms with E-state index in [4.69, 9.17) is 0 Å². The first kappa shape index (κ1) is 5.09. The largest absolute Gasteiger partial charge is 0.175 e. The van der Waals surface area contributed by atoms with Crippen molar-refractivity contribution in [3.63, 3.8) is 0 Å². The topological polar surface area (TPSA) is 0 Å². The lowest BCUT2D eigenvalue weighted by atomic mass is 10.6. The molecule has 0 saturated carbocycles. The van der Waals surface area contributed by atoms with Gasteiger partial charge < -0.3 is 0 Å². The summed E-state index contributed by atoms with van der Waals surface area (Å²) in [7, 11) is 0. The van der Waals surface area contributed by atoms with Gasteiger partial charge in [-0.1, -0.05) is 12.2 Å². The number of rotatable bonds is 1. The molecule has 0 fully saturated rings. The molecule has 30 valence electrons. The molecular formula is C4H8S. The Balaban J connectivity index is 2.62. The third-order valence-corrected chi connectivity index (χ3v) is 0.552. The summed E-state index contributed by atoms with van der Waals surface area (Å²) in [5.74, 6) is 0.858. The van der Waals surface area contributed by atoms with E-state index in [1.54, 1.807) is 0 Å². The molecule has 0 bridgehead atoms. The zero-order valence-electron chi connectivity index (χ0n) is 3.31. The molecule has 5 heavy (non-hydrogen) atoms. The quantitative estimate of drug-likeness (QED) is 0.364. The van der Waals surface area contributed by atoms with Crippen molar-refractivity contribution in [1.82, 2.24) is 0 Å². The molecule has 0 aromatic heterocycles. The fourth-order valence-electron chi connectivity index (χ4n) is 0.105. The summed E-state index contributed by atoms with van der Waals surface area (Å²) in [5.41, 5.74) is 0. The second kappa shape index (κ2) is 4.09. The van der Waals surface area contributed by atoms with Crippen molar-refractivity contribution < 1.29 is 0 Å². The Morgan fingerprint density at radius 2 is 2.40 bits per heavy atom. The van der Waals surface area contributed by atoms with Crippen LogP contribution in [0, 0.1) is 0 Å². The van der Waals surface area contributed by atoms with Crippen molar-refractivity contribution in [2.24, 2.45) is 0 Å². The van der Waals surface area contributed by atoms with Crippen LogP contribution in [0.5, 0.6) is 0 Å². The van der Waals surface area contributed by atoms with Crippen LogP contribution in [0.2, 0.25) is 0 Å². The highest BCUT2D eigenvalue weighted by Gasteiger charge is 1.52. The van der Waals surface area contributed by atoms with E-state index >= 15 is 0 Å². The van der Waals surface area contributed by atoms with Crippen LogP contribution in [0.25, 0.3) is 0 Å². The van der Waals surface area contributed by atoms with Gasteiger partial charge in [0.15, 0.2) is 0 Å². The van der Waals surface area contributed by atoms with Crippen LogP contribution < -0.4 is 0 Å². The highest BCUT2D eigenvalue weighted by molar-refractivity contribution is 7.80. The highest BCUT2D eigenvalue weighted by Crippen LogP contribution is 1.72. The number of thiol groups is 1. The molecule has 0 nitrogen and oxygen atoms in total. The van der Waals surface area contributed by atoms with Crippen LogP contribution in [-0.4, -0.2) is 5.75 Å². The van der Waals surface area contributed by atoms with E-state index in [1.165, 1.54) is 0 Å². The molecule has 0 rings (SSSR count). The second-order valence-corrected chi connectivity index (χ2v) is 1.12. The van der Waals surface area contributed by atoms with Gasteiger partial charge in [-0.05, 0) is 6.92 Å². The minimum absolute atomic E-state index is 0.858. The fourth-order valence-corrected chi connectivity index (χ4v) is 0.316. The molecule has 0 atom stereocenters. The highest BCUT2D eigenvalue weighted by atomic mass is 32.1. The maximum absolute atomic E-state index is 3.91. The molecule has 0 aliphatic heterocycles. The normalized spacial score (nSPS) is 10.0. The van der Waals surface area contributed by atoms with Crippen LogP contribution in [0.15, 0.2) is 12.2 Å². The molecule has 0 heterocycles. The van der Waals surface area contributed by atoms with Gasteiger partial charge in [-0.2, -0.15) is 12.6 Å². The SMILES string of the molecule is C/C=C/CS. The van der Waals surface area contributed by atoms with Crippen molar-refractivity contribution >= 4 is 12.6 Å². The van der Waals surface area contributed by atoms with Crippen LogP contribution >= 0.6 is 12.6 Å². The molecule has 0 aromatic rings. The van der Waals surface area contributed by atoms with E-state index in [2.05, 4.69) is 12.6 Å². The van der Waals surface area contributed by atoms with Gasteiger partial charge >= 0.3 is 0 Å². The van der Waals surface area contributed by atoms with E-state index in [1.807, 2.05) is 19.1 Å². The number of hydrogen-bond acceptors (Lipinski definition) is 1. The van der Waals surface area contributed by atoms with Gasteiger partial charge in [0.1, 0.15) is 0 Å². The van der Waals surface area contributed by atoms with Gasteiger partial charge in [-0.25, -0.2) is 0 Å². The molecule has 0 N–H and O–H groups in total. The first-order valence-corrected chi connectivity index (χ1v) is 2.27. The smallest absolute Gasteiger partial charge is 0.00824 e. The Bertz CT molecular complexity index is 30.6. The maximum Gasteiger partial charge on any atom is 0.00824 e. The molecular weight excluding hydrogens is 80.1 g/mol. The molecule has 0 spiro atoms. The Hall–Kier alpha value is 0.0900. The lowest BCUT2D eigenvalue weighted by molar-refractivity contribution is 1.66. The van der Waals surface area contributed by atoms with Crippen LogP contribution in [0.3, 0.4) is 0 Å². The van der Waals surface area contributed by atoms with Crippen LogP contribution in [0.1, 0.15) is 6.92 Å². The molecule has 0 aliphatic rings. The van der Waals surface area contributed by atoms with E-state index < -0.39 is 0 Å². The van der Waals surface area contributed by atoms with Gasteiger partial charge in [-0.3, -0.25) is 0 Å². The summed E-state index contributed by atoms with van der Waals surface area (Å²) in [6.07, 6.45) is 3.97. The summed E-state index contributed by atoms with van der Waals surface area (Å²) in [6.45, 7) is 1.98. The van der Waals surface area contributed by atoms with Crippen molar-refractivity contribution in [3.05, 3.63) is 12.2 Å². The maximum atomic E-state index is 3.91. The number of allylic oxidation sites excluding steroid dienone is 1. The van der Waals surface area contributed by atoms with Crippen LogP contribution in [0.4, 0.5) is 0 Å². The number of hydrogen-bond donors (Lipinski definition) is 1. The first-order chi connectivity index (χ1) is 2.41. The summed E-state index contributed by atoms with van der Waals surface area (Å²) in [5, 5.41) is 0. The average Bonchev–Trinajstić information content (AvgIpc) is 1.41. The van der Waals surface area contributed by atoms with Gasteiger partial charge in [0, 0.05) is 5.75 Å². The van der Waals surface area contributed by atoms with Crippen LogP contribution in [-0.2, 0) is 0 Å². The van der Waals surface area contributed by atoms with E-state index in [9.17, 15) is 0 Å². The molecule has 0 aromatic carbocycles. The van der Waals surface area contributed by atoms with E-state index in [0.29, 0.717) is 0 Å². The lowest BCUT2D eigenvalue weighted by Crippen LogP contribution is -1.51. The van der Waals surface area contributed by atoms with Gasteiger partial charge in [-0.15, -0.1) is 0 Å². The average molecular weight is 88.2 g/mol. The van der Waals surface area contributed by atoms with Gasteiger partial charge in [0.25, 0.3) is 0 Å². The predicted molar refractivity (Wildman–Crippen MR) is 28.7 cm³/mol. The molecule has 0 unspecified atom stereocenters. The summed E-state index contributed by atoms with van der Waals surface area (Å²) >= 11 is 3.91. The summed E-state index contributed by atoms with van der Waals surface area (Å²) < 4.78 is 0. The zero-order valence-corrected chi connectivity index (χ0v) is 4.20. The van der Waals surface area contributed by atoms with Gasteiger partial charge in [0.05, 0.1) is 0 Å². The predicted octanol–water partition coefficient (Wildman–Crippen LogP) is 1.49. The second-order valence-electron chi connectivity index (χ2n) is 0.752. The third kappa shape index (κ3) is 4.09. The first-order valence-electron chi connectivity index (χ1n) is 1.64. The van der Waals surface area contributed by atoms with E-state index in [-0.39, 0.29) is 0 Å². The Labute approximate surface area is 38.3 Å². The molecule has 0 saturated heterocycles. The van der Waals surface area contributed by atoms with Crippen molar-refractivity contribution in [2.45, 2.75) is 6.92 Å². The summed E-state index contributed by atoms with van der Waals surface area (Å²) in [6, 6.07) is 0. The third-order valence-electron chi connectivity index (χ3n) is 0.341. The molecule has 0 radical (unpaired) electrons. The van der Waals surface area contributed by atoms with Crippen molar-refractivity contribution in [1.29, 1.82) is 0 Å². The zero-order chi connectivity index (χ0) is 4.12. The molecule has 0 amide bonds. The standard InChI is InChI=1S/C4H8S/c1-2-3-4-5/h2-3,5H,4H2,1H3/b3-2+. The van der Waals surface area contributed by atoms with E-state index in [0.717, 1.165) is 5.75 Å². The van der Waals surface area contributed by atoms with Crippen molar-refractivity contribution in [2.75, 3.05) is 5.75 Å². The van der Waals surface area contributed by atoms with Crippen molar-refractivity contribution in [3.8, 4) is 0 Å². The Kier molecular flexibility index (Phi) is 4.16. The Morgan fingerprint density at radius 1 is 1.80 bits per heavy atom. The minimum Gasteiger partial charge on any atom is -0.175 e. The lowest BCUT2D eigenvalue weighted by Gasteiger charge is -1.64. The Morgan fingerprint density at radius 3 is 2.40 bits per heavy atom. The molecule has 0 aliphatic carbocycles. The summed E-state index contributed by atoms with van der Waals surface area (Å²) in [4.78, 5) is 0. The van der Waals surface area contributed by atoms with Gasteiger partial charge in [0.2, 0.25) is 0 Å². The molecule has 1 heteroatoms. The minimum atomic E-state index is 0.858. The fraction of sp³-hybridized carbons (Fsp3) is 0.500. The monoisotopic (exact) mass is 88.0 g/mol.